The summed E-state index contributed by atoms with van der Waals surface area (Å²) in [5.74, 6) is 2.33. The van der Waals surface area contributed by atoms with Crippen molar-refractivity contribution in [3.63, 3.8) is 0 Å². The highest BCUT2D eigenvalue weighted by atomic mass is 16.5. The number of hydrogen-bond acceptors (Lipinski definition) is 6. The summed E-state index contributed by atoms with van der Waals surface area (Å²) in [6.07, 6.45) is 2.75. The third kappa shape index (κ3) is 11.6. The lowest BCUT2D eigenvalue weighted by Gasteiger charge is -2.33. The number of piperidine rings is 1. The maximum atomic E-state index is 12.9. The van der Waals surface area contributed by atoms with Crippen molar-refractivity contribution in [3.05, 3.63) is 83.9 Å². The fraction of sp³-hybridized carbons (Fsp3) is 0.459. The lowest BCUT2D eigenvalue weighted by atomic mass is 9.83. The summed E-state index contributed by atoms with van der Waals surface area (Å²) < 4.78 is 17.2. The standard InChI is InChI=1S/C37H50N4O6/c1-37(2,3)34(40-36(43)44)25-27-11-14-29(15-12-27)39-30-18-21-41(22-19-30)35(42)38-20-17-28-13-16-32(26-33(28)45-4)47-24-8-23-46-31-9-6-5-7-10-31/h5-7,9-16,26,30,34,39-40H,8,17-25H2,1-4H3,(H,38,42)(H,43,44). The van der Waals surface area contributed by atoms with Crippen LogP contribution in [0.3, 0.4) is 0 Å². The Kier molecular flexibility index (Phi) is 13.0. The molecule has 254 valence electrons. The number of amides is 3. The van der Waals surface area contributed by atoms with Crippen molar-refractivity contribution in [2.75, 3.05) is 45.3 Å². The Morgan fingerprint density at radius 1 is 0.936 bits per heavy atom. The number of likely N-dealkylation sites (tertiary alicyclic amines) is 1. The zero-order chi connectivity index (χ0) is 33.6. The Morgan fingerprint density at radius 3 is 2.26 bits per heavy atom. The molecule has 3 aromatic carbocycles. The van der Waals surface area contributed by atoms with E-state index in [1.807, 2.05) is 98.5 Å². The molecule has 0 aliphatic carbocycles. The van der Waals surface area contributed by atoms with Crippen LogP contribution in [0.25, 0.3) is 0 Å². The van der Waals surface area contributed by atoms with E-state index in [0.29, 0.717) is 45.7 Å². The van der Waals surface area contributed by atoms with Gasteiger partial charge in [0, 0.05) is 49.9 Å². The first-order valence-electron chi connectivity index (χ1n) is 16.5. The molecule has 4 rings (SSSR count). The quantitative estimate of drug-likeness (QED) is 0.137. The first-order valence-corrected chi connectivity index (χ1v) is 16.5. The zero-order valence-electron chi connectivity index (χ0n) is 28.1. The molecular weight excluding hydrogens is 596 g/mol. The minimum atomic E-state index is -1.00. The lowest BCUT2D eigenvalue weighted by Crippen LogP contribution is -2.47. The summed E-state index contributed by atoms with van der Waals surface area (Å²) in [6, 6.07) is 23.8. The molecule has 0 saturated carbocycles. The third-order valence-electron chi connectivity index (χ3n) is 8.39. The van der Waals surface area contributed by atoms with Crippen molar-refractivity contribution in [3.8, 4) is 17.2 Å². The van der Waals surface area contributed by atoms with E-state index < -0.39 is 6.09 Å². The van der Waals surface area contributed by atoms with Crippen LogP contribution in [0.1, 0.15) is 51.2 Å². The molecule has 1 unspecified atom stereocenters. The second kappa shape index (κ2) is 17.4. The number of carbonyl (C=O) groups excluding carboxylic acids is 1. The van der Waals surface area contributed by atoms with Crippen molar-refractivity contribution in [1.82, 2.24) is 15.5 Å². The van der Waals surface area contributed by atoms with E-state index in [4.69, 9.17) is 14.2 Å². The molecule has 0 aromatic heterocycles. The molecule has 1 heterocycles. The van der Waals surface area contributed by atoms with Crippen LogP contribution in [-0.4, -0.2) is 74.2 Å². The predicted octanol–water partition coefficient (Wildman–Crippen LogP) is 6.60. The average molecular weight is 647 g/mol. The lowest BCUT2D eigenvalue weighted by molar-refractivity contribution is 0.174. The Hall–Kier alpha value is -4.60. The van der Waals surface area contributed by atoms with E-state index in [1.54, 1.807) is 7.11 Å². The van der Waals surface area contributed by atoms with Crippen LogP contribution in [0, 0.1) is 5.41 Å². The van der Waals surface area contributed by atoms with Crippen molar-refractivity contribution >= 4 is 17.8 Å². The Balaban J connectivity index is 1.14. The molecule has 10 nitrogen and oxygen atoms in total. The smallest absolute Gasteiger partial charge is 0.404 e. The molecule has 1 saturated heterocycles. The van der Waals surface area contributed by atoms with Crippen LogP contribution in [0.15, 0.2) is 72.8 Å². The van der Waals surface area contributed by atoms with E-state index in [0.717, 1.165) is 53.3 Å². The summed E-state index contributed by atoms with van der Waals surface area (Å²) >= 11 is 0. The van der Waals surface area contributed by atoms with Gasteiger partial charge < -0.3 is 40.2 Å². The second-order valence-corrected chi connectivity index (χ2v) is 13.0. The van der Waals surface area contributed by atoms with Gasteiger partial charge in [-0.3, -0.25) is 0 Å². The van der Waals surface area contributed by atoms with Gasteiger partial charge >= 0.3 is 12.1 Å². The van der Waals surface area contributed by atoms with Crippen molar-refractivity contribution in [2.24, 2.45) is 5.41 Å². The van der Waals surface area contributed by atoms with Gasteiger partial charge in [0.1, 0.15) is 17.2 Å². The van der Waals surface area contributed by atoms with E-state index >= 15 is 0 Å². The van der Waals surface area contributed by atoms with Crippen LogP contribution in [0.2, 0.25) is 0 Å². The van der Waals surface area contributed by atoms with Crippen LogP contribution in [-0.2, 0) is 12.8 Å². The maximum absolute atomic E-state index is 12.9. The first-order chi connectivity index (χ1) is 22.6. The van der Waals surface area contributed by atoms with E-state index in [2.05, 4.69) is 16.0 Å². The summed E-state index contributed by atoms with van der Waals surface area (Å²) in [5, 5.41) is 18.5. The molecule has 0 spiro atoms. The minimum absolute atomic E-state index is 0.0483. The number of ether oxygens (including phenoxy) is 3. The molecule has 0 bridgehead atoms. The molecule has 1 fully saturated rings. The van der Waals surface area contributed by atoms with Gasteiger partial charge in [0.05, 0.1) is 20.3 Å². The molecule has 1 aliphatic heterocycles. The minimum Gasteiger partial charge on any atom is -0.496 e. The number of nitrogens with one attached hydrogen (secondary N) is 3. The van der Waals surface area contributed by atoms with E-state index in [-0.39, 0.29) is 23.5 Å². The zero-order valence-corrected chi connectivity index (χ0v) is 28.1. The Morgan fingerprint density at radius 2 is 1.62 bits per heavy atom. The van der Waals surface area contributed by atoms with Gasteiger partial charge in [-0.25, -0.2) is 9.59 Å². The second-order valence-electron chi connectivity index (χ2n) is 13.0. The van der Waals surface area contributed by atoms with Gasteiger partial charge in [0.15, 0.2) is 0 Å². The maximum Gasteiger partial charge on any atom is 0.404 e. The Labute approximate surface area is 278 Å². The number of methoxy groups -OCH3 is 1. The summed E-state index contributed by atoms with van der Waals surface area (Å²) in [5.41, 5.74) is 2.92. The first kappa shape index (κ1) is 35.3. The number of carbonyl (C=O) groups is 2. The van der Waals surface area contributed by atoms with Crippen molar-refractivity contribution in [1.29, 1.82) is 0 Å². The molecule has 1 atom stereocenters. The number of nitrogens with zero attached hydrogens (tertiary/aromatic N) is 1. The monoisotopic (exact) mass is 646 g/mol. The largest absolute Gasteiger partial charge is 0.496 e. The van der Waals surface area contributed by atoms with Crippen LogP contribution < -0.4 is 30.2 Å². The average Bonchev–Trinajstić information content (AvgIpc) is 3.05. The molecular formula is C37H50N4O6. The van der Waals surface area contributed by atoms with Gasteiger partial charge in [-0.15, -0.1) is 0 Å². The van der Waals surface area contributed by atoms with Crippen molar-refractivity contribution < 1.29 is 28.9 Å². The van der Waals surface area contributed by atoms with Crippen LogP contribution >= 0.6 is 0 Å². The van der Waals surface area contributed by atoms with Gasteiger partial charge in [0.2, 0.25) is 0 Å². The van der Waals surface area contributed by atoms with Gasteiger partial charge in [0.25, 0.3) is 0 Å². The summed E-state index contributed by atoms with van der Waals surface area (Å²) in [7, 11) is 1.64. The molecule has 0 radical (unpaired) electrons. The highest BCUT2D eigenvalue weighted by molar-refractivity contribution is 5.74. The highest BCUT2D eigenvalue weighted by Crippen LogP contribution is 2.26. The molecule has 3 amide bonds. The number of rotatable bonds is 15. The van der Waals surface area contributed by atoms with Gasteiger partial charge in [-0.2, -0.15) is 0 Å². The number of para-hydroxylation sites is 1. The summed E-state index contributed by atoms with van der Waals surface area (Å²) in [6.45, 7) is 9.10. The summed E-state index contributed by atoms with van der Waals surface area (Å²) in [4.78, 5) is 26.0. The van der Waals surface area contributed by atoms with E-state index in [1.165, 1.54) is 0 Å². The van der Waals surface area contributed by atoms with Gasteiger partial charge in [-0.1, -0.05) is 57.2 Å². The normalized spacial score (nSPS) is 14.2. The number of urea groups is 1. The molecule has 1 aliphatic rings. The SMILES string of the molecule is COc1cc(OCCCOc2ccccc2)ccc1CCNC(=O)N1CCC(Nc2ccc(CC(NC(=O)O)C(C)(C)C)cc2)CC1. The fourth-order valence-electron chi connectivity index (χ4n) is 5.55. The van der Waals surface area contributed by atoms with Crippen molar-refractivity contribution in [2.45, 2.75) is 65.0 Å². The van der Waals surface area contributed by atoms with E-state index in [9.17, 15) is 14.7 Å². The molecule has 47 heavy (non-hydrogen) atoms. The molecule has 3 aromatic rings. The van der Waals surface area contributed by atoms with Crippen LogP contribution in [0.4, 0.5) is 15.3 Å². The number of benzene rings is 3. The topological polar surface area (TPSA) is 121 Å². The predicted molar refractivity (Wildman–Crippen MR) is 185 cm³/mol. The number of hydrogen-bond donors (Lipinski definition) is 4. The molecule has 4 N–H and O–H groups in total. The van der Waals surface area contributed by atoms with Crippen LogP contribution in [0.5, 0.6) is 17.2 Å². The highest BCUT2D eigenvalue weighted by Gasteiger charge is 2.27. The fourth-order valence-corrected chi connectivity index (χ4v) is 5.55. The molecule has 10 heteroatoms. The number of carboxylic acid groups (broad SMARTS) is 1. The number of anilines is 1. The third-order valence-corrected chi connectivity index (χ3v) is 8.39. The Bertz CT molecular complexity index is 1400. The van der Waals surface area contributed by atoms with Gasteiger partial charge in [-0.05, 0) is 72.6 Å².